The third-order valence-corrected chi connectivity index (χ3v) is 5.16. The summed E-state index contributed by atoms with van der Waals surface area (Å²) in [7, 11) is 0. The summed E-state index contributed by atoms with van der Waals surface area (Å²) in [4.78, 5) is 26.1. The number of thiazole rings is 1. The molecule has 2 aromatic rings. The highest BCUT2D eigenvalue weighted by atomic mass is 32.2. The molecule has 0 spiro atoms. The Morgan fingerprint density at radius 1 is 1.30 bits per heavy atom. The number of hydrogen-bond donors (Lipinski definition) is 2. The summed E-state index contributed by atoms with van der Waals surface area (Å²) < 4.78 is 1.56. The van der Waals surface area contributed by atoms with Gasteiger partial charge in [-0.2, -0.15) is 0 Å². The number of nitrogens with zero attached hydrogens (tertiary/aromatic N) is 1. The lowest BCUT2D eigenvalue weighted by molar-refractivity contribution is -0.142. The number of hydrogen-bond acceptors (Lipinski definition) is 5. The normalized spacial score (nSPS) is 12.5. The Labute approximate surface area is 123 Å². The first-order valence-corrected chi connectivity index (χ1v) is 7.55. The minimum Gasteiger partial charge on any atom is -0.481 e. The Morgan fingerprint density at radius 2 is 1.95 bits per heavy atom. The lowest BCUT2D eigenvalue weighted by Crippen LogP contribution is -2.20. The van der Waals surface area contributed by atoms with Gasteiger partial charge in [-0.25, -0.2) is 4.98 Å². The number of benzene rings is 1. The van der Waals surface area contributed by atoms with E-state index in [0.717, 1.165) is 33.1 Å². The van der Waals surface area contributed by atoms with E-state index < -0.39 is 23.6 Å². The minimum absolute atomic E-state index is 0.423. The molecule has 106 valence electrons. The Hall–Kier alpha value is -1.60. The van der Waals surface area contributed by atoms with Crippen LogP contribution in [0, 0.1) is 13.8 Å². The maximum absolute atomic E-state index is 11.1. The molecule has 1 unspecified atom stereocenters. The summed E-state index contributed by atoms with van der Waals surface area (Å²) in [6.45, 7) is 4.00. The average Bonchev–Trinajstić information content (AvgIpc) is 2.69. The van der Waals surface area contributed by atoms with Crippen molar-refractivity contribution in [2.24, 2.45) is 0 Å². The van der Waals surface area contributed by atoms with Crippen molar-refractivity contribution in [2.75, 3.05) is 0 Å². The second-order valence-electron chi connectivity index (χ2n) is 4.43. The molecular weight excluding hydrogens is 298 g/mol. The maximum atomic E-state index is 11.1. The molecule has 2 rings (SSSR count). The van der Waals surface area contributed by atoms with E-state index in [0.29, 0.717) is 4.34 Å². The van der Waals surface area contributed by atoms with E-state index in [4.69, 9.17) is 10.2 Å². The Balaban J connectivity index is 2.28. The van der Waals surface area contributed by atoms with Gasteiger partial charge >= 0.3 is 11.9 Å². The van der Waals surface area contributed by atoms with E-state index in [9.17, 15) is 9.59 Å². The highest BCUT2D eigenvalue weighted by Gasteiger charge is 2.24. The van der Waals surface area contributed by atoms with Crippen molar-refractivity contribution >= 4 is 45.3 Å². The standard InChI is InChI=1S/C13H13NO4S2/c1-6-3-8-9(4-7(6)2)19-13(14-8)20-10(12(17)18)5-11(15)16/h3-4,10H,5H2,1-2H3,(H,15,16)(H,17,18). The number of carboxylic acids is 2. The molecule has 0 aliphatic heterocycles. The first-order chi connectivity index (χ1) is 9.36. The van der Waals surface area contributed by atoms with E-state index in [1.807, 2.05) is 26.0 Å². The monoisotopic (exact) mass is 311 g/mol. The number of thioether (sulfide) groups is 1. The smallest absolute Gasteiger partial charge is 0.317 e. The van der Waals surface area contributed by atoms with Crippen LogP contribution in [0.3, 0.4) is 0 Å². The molecule has 0 bridgehead atoms. The van der Waals surface area contributed by atoms with Gasteiger partial charge in [-0.05, 0) is 37.1 Å². The molecule has 5 nitrogen and oxygen atoms in total. The van der Waals surface area contributed by atoms with E-state index in [-0.39, 0.29) is 0 Å². The molecule has 20 heavy (non-hydrogen) atoms. The predicted molar refractivity (Wildman–Crippen MR) is 78.6 cm³/mol. The summed E-state index contributed by atoms with van der Waals surface area (Å²) >= 11 is 2.38. The van der Waals surface area contributed by atoms with Crippen LogP contribution in [0.15, 0.2) is 16.5 Å². The molecule has 2 N–H and O–H groups in total. The van der Waals surface area contributed by atoms with Gasteiger partial charge < -0.3 is 10.2 Å². The van der Waals surface area contributed by atoms with Crippen LogP contribution in [0.25, 0.3) is 10.2 Å². The van der Waals surface area contributed by atoms with Gasteiger partial charge in [-0.3, -0.25) is 9.59 Å². The maximum Gasteiger partial charge on any atom is 0.317 e. The molecule has 7 heteroatoms. The Morgan fingerprint density at radius 3 is 2.55 bits per heavy atom. The van der Waals surface area contributed by atoms with Gasteiger partial charge in [0.15, 0.2) is 4.34 Å². The van der Waals surface area contributed by atoms with Crippen molar-refractivity contribution in [1.82, 2.24) is 4.98 Å². The topological polar surface area (TPSA) is 87.5 Å². The lowest BCUT2D eigenvalue weighted by atomic mass is 10.1. The molecular formula is C13H13NO4S2. The summed E-state index contributed by atoms with van der Waals surface area (Å²) in [5.74, 6) is -2.26. The highest BCUT2D eigenvalue weighted by molar-refractivity contribution is 8.02. The summed E-state index contributed by atoms with van der Waals surface area (Å²) in [5.41, 5.74) is 3.10. The fourth-order valence-corrected chi connectivity index (χ4v) is 3.98. The van der Waals surface area contributed by atoms with Gasteiger partial charge in [-0.15, -0.1) is 11.3 Å². The zero-order chi connectivity index (χ0) is 14.9. The molecule has 0 fully saturated rings. The van der Waals surface area contributed by atoms with Crippen LogP contribution in [0.2, 0.25) is 0 Å². The van der Waals surface area contributed by atoms with Gasteiger partial charge in [0.2, 0.25) is 0 Å². The SMILES string of the molecule is Cc1cc2nc(SC(CC(=O)O)C(=O)O)sc2cc1C. The van der Waals surface area contributed by atoms with E-state index in [1.165, 1.54) is 11.3 Å². The van der Waals surface area contributed by atoms with Crippen molar-refractivity contribution in [3.63, 3.8) is 0 Å². The second-order valence-corrected chi connectivity index (χ2v) is 6.91. The summed E-state index contributed by atoms with van der Waals surface area (Å²) in [6.07, 6.45) is -0.423. The third kappa shape index (κ3) is 3.29. The molecule has 1 heterocycles. The first kappa shape index (κ1) is 14.8. The van der Waals surface area contributed by atoms with Crippen molar-refractivity contribution in [1.29, 1.82) is 0 Å². The molecule has 1 aromatic carbocycles. The average molecular weight is 311 g/mol. The zero-order valence-electron chi connectivity index (χ0n) is 10.9. The number of aromatic nitrogens is 1. The van der Waals surface area contributed by atoms with E-state index in [1.54, 1.807) is 0 Å². The lowest BCUT2D eigenvalue weighted by Gasteiger charge is -2.06. The van der Waals surface area contributed by atoms with Gasteiger partial charge in [-0.1, -0.05) is 11.8 Å². The summed E-state index contributed by atoms with van der Waals surface area (Å²) in [6, 6.07) is 3.97. The van der Waals surface area contributed by atoms with Gasteiger partial charge in [0, 0.05) is 0 Å². The molecule has 0 saturated carbocycles. The molecule has 0 aliphatic carbocycles. The molecule has 1 aromatic heterocycles. The van der Waals surface area contributed by atoms with Crippen LogP contribution in [0.1, 0.15) is 17.5 Å². The fraction of sp³-hybridized carbons (Fsp3) is 0.308. The van der Waals surface area contributed by atoms with Crippen LogP contribution < -0.4 is 0 Å². The van der Waals surface area contributed by atoms with Crippen molar-refractivity contribution in [3.8, 4) is 0 Å². The van der Waals surface area contributed by atoms with Gasteiger partial charge in [0.1, 0.15) is 5.25 Å². The zero-order valence-corrected chi connectivity index (χ0v) is 12.5. The molecule has 0 amide bonds. The van der Waals surface area contributed by atoms with Crippen LogP contribution >= 0.6 is 23.1 Å². The molecule has 0 radical (unpaired) electrons. The predicted octanol–water partition coefficient (Wildman–Crippen LogP) is 2.93. The fourth-order valence-electron chi connectivity index (χ4n) is 1.67. The first-order valence-electron chi connectivity index (χ1n) is 5.86. The molecule has 0 saturated heterocycles. The van der Waals surface area contributed by atoms with Crippen molar-refractivity contribution < 1.29 is 19.8 Å². The number of aliphatic carboxylic acids is 2. The van der Waals surface area contributed by atoms with Crippen LogP contribution in [-0.4, -0.2) is 32.4 Å². The second kappa shape index (κ2) is 5.80. The Bertz CT molecular complexity index is 641. The number of carbonyl (C=O) groups is 2. The van der Waals surface area contributed by atoms with Crippen LogP contribution in [-0.2, 0) is 9.59 Å². The highest BCUT2D eigenvalue weighted by Crippen LogP contribution is 2.34. The number of aryl methyl sites for hydroxylation is 2. The molecule has 1 atom stereocenters. The molecule has 0 aliphatic rings. The van der Waals surface area contributed by atoms with E-state index >= 15 is 0 Å². The third-order valence-electron chi connectivity index (χ3n) is 2.86. The van der Waals surface area contributed by atoms with E-state index in [2.05, 4.69) is 4.98 Å². The quantitative estimate of drug-likeness (QED) is 0.826. The Kier molecular flexibility index (Phi) is 4.29. The van der Waals surface area contributed by atoms with Crippen molar-refractivity contribution in [3.05, 3.63) is 23.3 Å². The summed E-state index contributed by atoms with van der Waals surface area (Å²) in [5, 5.41) is 16.8. The van der Waals surface area contributed by atoms with Crippen LogP contribution in [0.5, 0.6) is 0 Å². The number of carboxylic acid groups (broad SMARTS) is 2. The van der Waals surface area contributed by atoms with Gasteiger partial charge in [0.25, 0.3) is 0 Å². The largest absolute Gasteiger partial charge is 0.481 e. The van der Waals surface area contributed by atoms with Crippen molar-refractivity contribution in [2.45, 2.75) is 29.9 Å². The number of rotatable bonds is 5. The minimum atomic E-state index is -1.14. The number of fused-ring (bicyclic) bond motifs is 1. The van der Waals surface area contributed by atoms with Gasteiger partial charge in [0.05, 0.1) is 16.6 Å². The van der Waals surface area contributed by atoms with Crippen LogP contribution in [0.4, 0.5) is 0 Å².